The molecule has 0 radical (unpaired) electrons. The van der Waals surface area contributed by atoms with E-state index >= 15 is 0 Å². The molecule has 0 aliphatic heterocycles. The fourth-order valence-electron chi connectivity index (χ4n) is 2.08. The van der Waals surface area contributed by atoms with E-state index in [1.54, 1.807) is 0 Å². The van der Waals surface area contributed by atoms with Crippen LogP contribution in [0.25, 0.3) is 0 Å². The van der Waals surface area contributed by atoms with Gasteiger partial charge in [0, 0.05) is 12.1 Å². The molecule has 2 heteroatoms. The van der Waals surface area contributed by atoms with E-state index in [1.807, 2.05) is 0 Å². The van der Waals surface area contributed by atoms with Gasteiger partial charge in [0.1, 0.15) is 0 Å². The smallest absolute Gasteiger partial charge is 0.00967 e. The standard InChI is InChI=1S/C13H27NS/c1-5-15-10-9-13(7-6-8-13)11-14-12(2,3)4/h14H,5-11H2,1-4H3. The van der Waals surface area contributed by atoms with Gasteiger partial charge in [-0.25, -0.2) is 0 Å². The maximum Gasteiger partial charge on any atom is 0.00967 e. The Morgan fingerprint density at radius 1 is 1.27 bits per heavy atom. The van der Waals surface area contributed by atoms with Gasteiger partial charge in [0.15, 0.2) is 0 Å². The monoisotopic (exact) mass is 229 g/mol. The van der Waals surface area contributed by atoms with E-state index in [4.69, 9.17) is 0 Å². The van der Waals surface area contributed by atoms with E-state index in [9.17, 15) is 0 Å². The van der Waals surface area contributed by atoms with Gasteiger partial charge in [-0.15, -0.1) is 0 Å². The SMILES string of the molecule is CCSCCC1(CNC(C)(C)C)CCC1. The predicted molar refractivity (Wildman–Crippen MR) is 71.7 cm³/mol. The minimum atomic E-state index is 0.278. The molecule has 1 aliphatic rings. The fourth-order valence-corrected chi connectivity index (χ4v) is 2.94. The molecule has 0 amide bonds. The molecular formula is C13H27NS. The highest BCUT2D eigenvalue weighted by Gasteiger charge is 2.36. The quantitative estimate of drug-likeness (QED) is 0.697. The van der Waals surface area contributed by atoms with E-state index in [0.29, 0.717) is 5.41 Å². The molecule has 0 heterocycles. The molecule has 0 atom stereocenters. The third kappa shape index (κ3) is 4.78. The summed E-state index contributed by atoms with van der Waals surface area (Å²) in [5, 5.41) is 3.68. The average molecular weight is 229 g/mol. The first-order valence-electron chi connectivity index (χ1n) is 6.30. The maximum absolute atomic E-state index is 3.68. The molecule has 0 unspecified atom stereocenters. The topological polar surface area (TPSA) is 12.0 Å². The van der Waals surface area contributed by atoms with Crippen LogP contribution in [0, 0.1) is 5.41 Å². The van der Waals surface area contributed by atoms with Crippen molar-refractivity contribution in [2.24, 2.45) is 5.41 Å². The maximum atomic E-state index is 3.68. The minimum Gasteiger partial charge on any atom is -0.312 e. The Morgan fingerprint density at radius 3 is 2.33 bits per heavy atom. The number of thioether (sulfide) groups is 1. The zero-order valence-electron chi connectivity index (χ0n) is 10.9. The Balaban J connectivity index is 2.27. The van der Waals surface area contributed by atoms with Gasteiger partial charge >= 0.3 is 0 Å². The zero-order chi connectivity index (χ0) is 11.4. The molecule has 1 rings (SSSR count). The second kappa shape index (κ2) is 5.58. The van der Waals surface area contributed by atoms with Crippen molar-refractivity contribution in [2.75, 3.05) is 18.1 Å². The Bertz CT molecular complexity index is 179. The van der Waals surface area contributed by atoms with Crippen LogP contribution in [-0.2, 0) is 0 Å². The Kier molecular flexibility index (Phi) is 4.98. The molecule has 1 fully saturated rings. The van der Waals surface area contributed by atoms with E-state index in [1.165, 1.54) is 43.7 Å². The highest BCUT2D eigenvalue weighted by molar-refractivity contribution is 7.99. The number of nitrogens with one attached hydrogen (secondary N) is 1. The summed E-state index contributed by atoms with van der Waals surface area (Å²) in [6.45, 7) is 10.3. The number of hydrogen-bond donors (Lipinski definition) is 1. The molecule has 15 heavy (non-hydrogen) atoms. The number of hydrogen-bond acceptors (Lipinski definition) is 2. The molecule has 0 aromatic carbocycles. The molecule has 0 aromatic rings. The van der Waals surface area contributed by atoms with Crippen LogP contribution in [0.2, 0.25) is 0 Å². The first kappa shape index (κ1) is 13.4. The van der Waals surface area contributed by atoms with Gasteiger partial charge in [0.2, 0.25) is 0 Å². The molecule has 1 N–H and O–H groups in total. The van der Waals surface area contributed by atoms with Crippen molar-refractivity contribution in [1.82, 2.24) is 5.32 Å². The van der Waals surface area contributed by atoms with Gasteiger partial charge < -0.3 is 5.32 Å². The summed E-state index contributed by atoms with van der Waals surface area (Å²) in [4.78, 5) is 0. The summed E-state index contributed by atoms with van der Waals surface area (Å²) in [7, 11) is 0. The third-order valence-corrected chi connectivity index (χ3v) is 4.29. The van der Waals surface area contributed by atoms with Crippen LogP contribution in [0.5, 0.6) is 0 Å². The third-order valence-electron chi connectivity index (χ3n) is 3.39. The van der Waals surface area contributed by atoms with Crippen LogP contribution in [0.1, 0.15) is 53.4 Å². The lowest BCUT2D eigenvalue weighted by Crippen LogP contribution is -2.47. The molecular weight excluding hydrogens is 202 g/mol. The summed E-state index contributed by atoms with van der Waals surface area (Å²) in [6, 6.07) is 0. The van der Waals surface area contributed by atoms with Crippen LogP contribution in [0.4, 0.5) is 0 Å². The first-order valence-corrected chi connectivity index (χ1v) is 7.46. The van der Waals surface area contributed by atoms with Crippen LogP contribution in [0.3, 0.4) is 0 Å². The largest absolute Gasteiger partial charge is 0.312 e. The normalized spacial score (nSPS) is 20.0. The molecule has 90 valence electrons. The Hall–Kier alpha value is 0.310. The van der Waals surface area contributed by atoms with Crippen LogP contribution in [0.15, 0.2) is 0 Å². The predicted octanol–water partition coefficient (Wildman–Crippen LogP) is 3.69. The molecule has 1 nitrogen and oxygen atoms in total. The molecule has 0 spiro atoms. The lowest BCUT2D eigenvalue weighted by atomic mass is 9.67. The van der Waals surface area contributed by atoms with Crippen LogP contribution < -0.4 is 5.32 Å². The van der Waals surface area contributed by atoms with Crippen molar-refractivity contribution >= 4 is 11.8 Å². The summed E-state index contributed by atoms with van der Waals surface area (Å²) in [5.74, 6) is 2.62. The molecule has 0 aromatic heterocycles. The highest BCUT2D eigenvalue weighted by Crippen LogP contribution is 2.44. The van der Waals surface area contributed by atoms with Crippen molar-refractivity contribution in [1.29, 1.82) is 0 Å². The van der Waals surface area contributed by atoms with Crippen molar-refractivity contribution in [3.63, 3.8) is 0 Å². The van der Waals surface area contributed by atoms with Crippen molar-refractivity contribution < 1.29 is 0 Å². The van der Waals surface area contributed by atoms with Crippen LogP contribution in [-0.4, -0.2) is 23.6 Å². The summed E-state index contributed by atoms with van der Waals surface area (Å²) < 4.78 is 0. The Morgan fingerprint density at radius 2 is 1.93 bits per heavy atom. The minimum absolute atomic E-state index is 0.278. The van der Waals surface area contributed by atoms with E-state index in [-0.39, 0.29) is 5.54 Å². The van der Waals surface area contributed by atoms with Gasteiger partial charge in [-0.1, -0.05) is 13.3 Å². The lowest BCUT2D eigenvalue weighted by molar-refractivity contribution is 0.114. The molecule has 0 bridgehead atoms. The molecule has 1 saturated carbocycles. The fraction of sp³-hybridized carbons (Fsp3) is 1.00. The summed E-state index contributed by atoms with van der Waals surface area (Å²) in [5.41, 5.74) is 0.927. The first-order chi connectivity index (χ1) is 6.97. The Labute approximate surface area is 99.8 Å². The lowest BCUT2D eigenvalue weighted by Gasteiger charge is -2.44. The van der Waals surface area contributed by atoms with E-state index in [0.717, 1.165) is 0 Å². The van der Waals surface area contributed by atoms with Gasteiger partial charge in [0.05, 0.1) is 0 Å². The van der Waals surface area contributed by atoms with Crippen LogP contribution >= 0.6 is 11.8 Å². The van der Waals surface area contributed by atoms with E-state index < -0.39 is 0 Å². The van der Waals surface area contributed by atoms with Crippen molar-refractivity contribution in [3.05, 3.63) is 0 Å². The highest BCUT2D eigenvalue weighted by atomic mass is 32.2. The van der Waals surface area contributed by atoms with Crippen molar-refractivity contribution in [3.8, 4) is 0 Å². The summed E-state index contributed by atoms with van der Waals surface area (Å²) in [6.07, 6.45) is 5.75. The second-order valence-electron chi connectivity index (χ2n) is 5.90. The zero-order valence-corrected chi connectivity index (χ0v) is 11.7. The summed E-state index contributed by atoms with van der Waals surface area (Å²) >= 11 is 2.09. The van der Waals surface area contributed by atoms with Gasteiger partial charge in [-0.2, -0.15) is 11.8 Å². The van der Waals surface area contributed by atoms with Gasteiger partial charge in [-0.05, 0) is 57.0 Å². The second-order valence-corrected chi connectivity index (χ2v) is 7.30. The van der Waals surface area contributed by atoms with Crippen molar-refractivity contribution in [2.45, 2.75) is 58.9 Å². The van der Waals surface area contributed by atoms with Gasteiger partial charge in [0.25, 0.3) is 0 Å². The average Bonchev–Trinajstić information content (AvgIpc) is 2.06. The molecule has 1 aliphatic carbocycles. The van der Waals surface area contributed by atoms with E-state index in [2.05, 4.69) is 44.8 Å². The number of rotatable bonds is 6. The van der Waals surface area contributed by atoms with Gasteiger partial charge in [-0.3, -0.25) is 0 Å². The molecule has 0 saturated heterocycles.